The number of carbonyl (C=O) groups is 2. The monoisotopic (exact) mass is 477 g/mol. The molecule has 4 rings (SSSR count). The SMILES string of the molecule is COc1ccc([C@@H]2C(C(=O)OCCOc3ccccc3)=C(C)NC3=C2C(=O)CC(C)(C)C3)cc1O. The van der Waals surface area contributed by atoms with Crippen LogP contribution in [0.1, 0.15) is 45.1 Å². The van der Waals surface area contributed by atoms with Gasteiger partial charge in [0.2, 0.25) is 0 Å². The number of aromatic hydroxyl groups is 1. The third-order valence-corrected chi connectivity index (χ3v) is 6.32. The molecule has 0 amide bonds. The van der Waals surface area contributed by atoms with Crippen LogP contribution >= 0.6 is 0 Å². The second-order valence-corrected chi connectivity index (χ2v) is 9.66. The topological polar surface area (TPSA) is 94.1 Å². The summed E-state index contributed by atoms with van der Waals surface area (Å²) < 4.78 is 16.4. The predicted molar refractivity (Wildman–Crippen MR) is 131 cm³/mol. The number of phenols is 1. The Morgan fingerprint density at radius 3 is 2.54 bits per heavy atom. The molecule has 1 aliphatic carbocycles. The zero-order valence-corrected chi connectivity index (χ0v) is 20.5. The molecule has 2 N–H and O–H groups in total. The summed E-state index contributed by atoms with van der Waals surface area (Å²) >= 11 is 0. The van der Waals surface area contributed by atoms with Crippen molar-refractivity contribution in [1.82, 2.24) is 5.32 Å². The average Bonchev–Trinajstić information content (AvgIpc) is 2.80. The Morgan fingerprint density at radius 1 is 1.11 bits per heavy atom. The van der Waals surface area contributed by atoms with Gasteiger partial charge < -0.3 is 24.6 Å². The Hall–Kier alpha value is -3.74. The highest BCUT2D eigenvalue weighted by atomic mass is 16.6. The Labute approximate surface area is 205 Å². The van der Waals surface area contributed by atoms with Crippen molar-refractivity contribution in [3.63, 3.8) is 0 Å². The predicted octanol–water partition coefficient (Wildman–Crippen LogP) is 4.63. The van der Waals surface area contributed by atoms with Crippen LogP contribution in [0.4, 0.5) is 0 Å². The van der Waals surface area contributed by atoms with E-state index in [1.54, 1.807) is 18.2 Å². The number of ketones is 1. The molecule has 0 fully saturated rings. The van der Waals surface area contributed by atoms with E-state index >= 15 is 0 Å². The lowest BCUT2D eigenvalue weighted by Crippen LogP contribution is -2.38. The van der Waals surface area contributed by atoms with E-state index < -0.39 is 11.9 Å². The number of hydrogen-bond acceptors (Lipinski definition) is 7. The molecule has 2 aromatic rings. The maximum atomic E-state index is 13.3. The molecule has 1 atom stereocenters. The maximum absolute atomic E-state index is 13.3. The fourth-order valence-corrected chi connectivity index (χ4v) is 4.81. The first-order chi connectivity index (χ1) is 16.7. The summed E-state index contributed by atoms with van der Waals surface area (Å²) in [6.07, 6.45) is 1.05. The molecular formula is C28H31NO6. The van der Waals surface area contributed by atoms with Gasteiger partial charge in [-0.3, -0.25) is 4.79 Å². The smallest absolute Gasteiger partial charge is 0.336 e. The van der Waals surface area contributed by atoms with Gasteiger partial charge in [-0.25, -0.2) is 4.79 Å². The van der Waals surface area contributed by atoms with E-state index in [1.165, 1.54) is 7.11 Å². The molecule has 0 bridgehead atoms. The van der Waals surface area contributed by atoms with Crippen molar-refractivity contribution in [2.75, 3.05) is 20.3 Å². The second kappa shape index (κ2) is 9.86. The lowest BCUT2D eigenvalue weighted by Gasteiger charge is -2.39. The van der Waals surface area contributed by atoms with Gasteiger partial charge in [0.1, 0.15) is 19.0 Å². The summed E-state index contributed by atoms with van der Waals surface area (Å²) in [6.45, 7) is 6.17. The molecule has 0 unspecified atom stereocenters. The molecule has 2 aliphatic rings. The number of hydrogen-bond donors (Lipinski definition) is 2. The van der Waals surface area contributed by atoms with Gasteiger partial charge in [-0.15, -0.1) is 0 Å². The summed E-state index contributed by atoms with van der Waals surface area (Å²) in [5.41, 5.74) is 2.77. The van der Waals surface area contributed by atoms with Crippen LogP contribution in [0.3, 0.4) is 0 Å². The number of phenolic OH excluding ortho intramolecular Hbond substituents is 1. The van der Waals surface area contributed by atoms with Crippen molar-refractivity contribution < 1.29 is 28.9 Å². The van der Waals surface area contributed by atoms with Gasteiger partial charge in [0, 0.05) is 29.3 Å². The summed E-state index contributed by atoms with van der Waals surface area (Å²) in [7, 11) is 1.47. The average molecular weight is 478 g/mol. The molecule has 184 valence electrons. The van der Waals surface area contributed by atoms with Gasteiger partial charge in [-0.05, 0) is 48.6 Å². The van der Waals surface area contributed by atoms with Crippen molar-refractivity contribution in [3.05, 3.63) is 76.6 Å². The Morgan fingerprint density at radius 2 is 1.86 bits per heavy atom. The van der Waals surface area contributed by atoms with E-state index in [2.05, 4.69) is 19.2 Å². The highest BCUT2D eigenvalue weighted by Gasteiger charge is 2.43. The minimum atomic E-state index is -0.658. The maximum Gasteiger partial charge on any atom is 0.336 e. The van der Waals surface area contributed by atoms with E-state index in [-0.39, 0.29) is 30.2 Å². The van der Waals surface area contributed by atoms with E-state index in [0.29, 0.717) is 46.7 Å². The number of rotatable bonds is 7. The third kappa shape index (κ3) is 5.19. The Balaban J connectivity index is 1.63. The van der Waals surface area contributed by atoms with Crippen LogP contribution < -0.4 is 14.8 Å². The largest absolute Gasteiger partial charge is 0.504 e. The zero-order chi connectivity index (χ0) is 25.2. The molecule has 1 aliphatic heterocycles. The minimum Gasteiger partial charge on any atom is -0.504 e. The van der Waals surface area contributed by atoms with Crippen LogP contribution in [-0.4, -0.2) is 37.2 Å². The lowest BCUT2D eigenvalue weighted by molar-refractivity contribution is -0.140. The molecule has 0 saturated heterocycles. The molecule has 7 heteroatoms. The van der Waals surface area contributed by atoms with Gasteiger partial charge in [0.15, 0.2) is 17.3 Å². The standard InChI is InChI=1S/C28H31NO6/c1-17-24(27(32)35-13-12-34-19-8-6-5-7-9-19)25(18-10-11-23(33-4)21(30)14-18)26-20(29-17)15-28(2,3)16-22(26)31/h5-11,14,25,29-30H,12-13,15-16H2,1-4H3/t25-/m1/s1. The molecule has 2 aromatic carbocycles. The number of para-hydroxylation sites is 1. The first-order valence-electron chi connectivity index (χ1n) is 11.7. The molecule has 7 nitrogen and oxygen atoms in total. The Bertz CT molecular complexity index is 1200. The fraction of sp³-hybridized carbons (Fsp3) is 0.357. The number of nitrogens with one attached hydrogen (secondary N) is 1. The van der Waals surface area contributed by atoms with Crippen LogP contribution in [0.15, 0.2) is 71.1 Å². The van der Waals surface area contributed by atoms with Crippen molar-refractivity contribution in [3.8, 4) is 17.2 Å². The van der Waals surface area contributed by atoms with Crippen LogP contribution in [0.2, 0.25) is 0 Å². The van der Waals surface area contributed by atoms with Crippen molar-refractivity contribution in [2.45, 2.75) is 39.5 Å². The fourth-order valence-electron chi connectivity index (χ4n) is 4.81. The quantitative estimate of drug-likeness (QED) is 0.444. The second-order valence-electron chi connectivity index (χ2n) is 9.66. The van der Waals surface area contributed by atoms with Crippen LogP contribution in [0.5, 0.6) is 17.2 Å². The van der Waals surface area contributed by atoms with Crippen molar-refractivity contribution in [2.24, 2.45) is 5.41 Å². The number of methoxy groups -OCH3 is 1. The normalized spacial score (nSPS) is 19.1. The van der Waals surface area contributed by atoms with E-state index in [0.717, 1.165) is 5.70 Å². The number of Topliss-reactive ketones (excluding diaryl/α,β-unsaturated/α-hetero) is 1. The summed E-state index contributed by atoms with van der Waals surface area (Å²) in [5, 5.41) is 13.8. The molecule has 1 heterocycles. The van der Waals surface area contributed by atoms with Crippen molar-refractivity contribution in [1.29, 1.82) is 0 Å². The Kier molecular flexibility index (Phi) is 6.87. The number of benzene rings is 2. The molecule has 0 spiro atoms. The lowest BCUT2D eigenvalue weighted by atomic mass is 9.68. The van der Waals surface area contributed by atoms with Gasteiger partial charge in [-0.1, -0.05) is 38.1 Å². The van der Waals surface area contributed by atoms with Gasteiger partial charge >= 0.3 is 5.97 Å². The van der Waals surface area contributed by atoms with Gasteiger partial charge in [0.05, 0.1) is 12.7 Å². The summed E-state index contributed by atoms with van der Waals surface area (Å²) in [4.78, 5) is 26.7. The van der Waals surface area contributed by atoms with E-state index in [9.17, 15) is 14.7 Å². The highest BCUT2D eigenvalue weighted by molar-refractivity contribution is 6.04. The first kappa shape index (κ1) is 24.4. The number of ether oxygens (including phenoxy) is 3. The highest BCUT2D eigenvalue weighted by Crippen LogP contribution is 2.47. The minimum absolute atomic E-state index is 0.0192. The molecule has 0 saturated carbocycles. The number of carbonyl (C=O) groups excluding carboxylic acids is 2. The van der Waals surface area contributed by atoms with Crippen LogP contribution in [0.25, 0.3) is 0 Å². The van der Waals surface area contributed by atoms with Crippen LogP contribution in [-0.2, 0) is 14.3 Å². The molecule has 35 heavy (non-hydrogen) atoms. The molecular weight excluding hydrogens is 446 g/mol. The molecule has 0 radical (unpaired) electrons. The summed E-state index contributed by atoms with van der Waals surface area (Å²) in [6, 6.07) is 14.2. The summed E-state index contributed by atoms with van der Waals surface area (Å²) in [5.74, 6) is -0.263. The third-order valence-electron chi connectivity index (χ3n) is 6.32. The van der Waals surface area contributed by atoms with E-state index in [4.69, 9.17) is 14.2 Å². The number of allylic oxidation sites excluding steroid dienone is 3. The number of dihydropyridines is 1. The zero-order valence-electron chi connectivity index (χ0n) is 20.5. The van der Waals surface area contributed by atoms with Crippen molar-refractivity contribution >= 4 is 11.8 Å². The molecule has 0 aromatic heterocycles. The van der Waals surface area contributed by atoms with Crippen LogP contribution in [0, 0.1) is 5.41 Å². The number of esters is 1. The van der Waals surface area contributed by atoms with E-state index in [1.807, 2.05) is 37.3 Å². The van der Waals surface area contributed by atoms with Gasteiger partial charge in [-0.2, -0.15) is 0 Å². The van der Waals surface area contributed by atoms with Gasteiger partial charge in [0.25, 0.3) is 0 Å². The first-order valence-corrected chi connectivity index (χ1v) is 11.7.